The zero-order chi connectivity index (χ0) is 11.4. The van der Waals surface area contributed by atoms with Gasteiger partial charge in [-0.15, -0.1) is 0 Å². The molecule has 0 saturated carbocycles. The molecule has 0 bridgehead atoms. The topological polar surface area (TPSA) is 70.3 Å². The van der Waals surface area contributed by atoms with Crippen LogP contribution in [0.5, 0.6) is 5.75 Å². The predicted molar refractivity (Wildman–Crippen MR) is 53.5 cm³/mol. The average Bonchev–Trinajstić information content (AvgIpc) is 2.22. The first kappa shape index (κ1) is 11.1. The molecule has 0 aliphatic rings. The van der Waals surface area contributed by atoms with Crippen LogP contribution in [0.4, 0.5) is 0 Å². The molecule has 0 spiro atoms. The van der Waals surface area contributed by atoms with Gasteiger partial charge in [0.1, 0.15) is 11.8 Å². The third-order valence-electron chi connectivity index (χ3n) is 2.04. The number of benzene rings is 1. The Balaban J connectivity index is 3.26. The highest BCUT2D eigenvalue weighted by molar-refractivity contribution is 5.93. The largest absolute Gasteiger partial charge is 0.508 e. The standard InChI is InChI=1S/C11H11NO3/c1-3-15-11(14)8-4-5-10(13)7(2)9(8)6-12/h4-5,13H,3H2,1-2H3. The van der Waals surface area contributed by atoms with Gasteiger partial charge >= 0.3 is 5.97 Å². The maximum Gasteiger partial charge on any atom is 0.339 e. The van der Waals surface area contributed by atoms with Crippen molar-refractivity contribution in [2.45, 2.75) is 13.8 Å². The van der Waals surface area contributed by atoms with Gasteiger partial charge in [0.2, 0.25) is 0 Å². The Kier molecular flexibility index (Phi) is 3.29. The number of hydrogen-bond donors (Lipinski definition) is 1. The minimum atomic E-state index is -0.544. The quantitative estimate of drug-likeness (QED) is 0.746. The van der Waals surface area contributed by atoms with E-state index in [1.54, 1.807) is 13.8 Å². The van der Waals surface area contributed by atoms with E-state index in [1.807, 2.05) is 6.07 Å². The Hall–Kier alpha value is -2.02. The fourth-order valence-corrected chi connectivity index (χ4v) is 1.22. The lowest BCUT2D eigenvalue weighted by Crippen LogP contribution is -2.07. The van der Waals surface area contributed by atoms with E-state index in [0.717, 1.165) is 0 Å². The molecule has 0 atom stereocenters. The molecule has 78 valence electrons. The van der Waals surface area contributed by atoms with Gasteiger partial charge in [0.25, 0.3) is 0 Å². The van der Waals surface area contributed by atoms with Gasteiger partial charge in [-0.1, -0.05) is 0 Å². The second kappa shape index (κ2) is 4.47. The molecule has 4 nitrogen and oxygen atoms in total. The number of carbonyl (C=O) groups is 1. The van der Waals surface area contributed by atoms with Crippen LogP contribution in [0.15, 0.2) is 12.1 Å². The van der Waals surface area contributed by atoms with Crippen LogP contribution in [-0.2, 0) is 4.74 Å². The number of nitrogens with zero attached hydrogens (tertiary/aromatic N) is 1. The number of ether oxygens (including phenoxy) is 1. The van der Waals surface area contributed by atoms with Gasteiger partial charge in [-0.25, -0.2) is 4.79 Å². The van der Waals surface area contributed by atoms with E-state index in [0.29, 0.717) is 5.56 Å². The van der Waals surface area contributed by atoms with Crippen LogP contribution < -0.4 is 0 Å². The number of carbonyl (C=O) groups excluding carboxylic acids is 1. The van der Waals surface area contributed by atoms with Crippen LogP contribution in [0.1, 0.15) is 28.4 Å². The van der Waals surface area contributed by atoms with Gasteiger partial charge in [0.05, 0.1) is 17.7 Å². The number of rotatable bonds is 2. The van der Waals surface area contributed by atoms with Crippen LogP contribution in [0, 0.1) is 18.3 Å². The SMILES string of the molecule is CCOC(=O)c1ccc(O)c(C)c1C#N. The number of phenols is 1. The van der Waals surface area contributed by atoms with Crippen LogP contribution >= 0.6 is 0 Å². The van der Waals surface area contributed by atoms with Crippen LogP contribution in [0.2, 0.25) is 0 Å². The lowest BCUT2D eigenvalue weighted by Gasteiger charge is -2.07. The van der Waals surface area contributed by atoms with E-state index in [2.05, 4.69) is 0 Å². The minimum Gasteiger partial charge on any atom is -0.508 e. The summed E-state index contributed by atoms with van der Waals surface area (Å²) in [4.78, 5) is 11.4. The number of nitriles is 1. The molecule has 0 amide bonds. The summed E-state index contributed by atoms with van der Waals surface area (Å²) in [5.41, 5.74) is 0.742. The van der Waals surface area contributed by atoms with Crippen molar-refractivity contribution < 1.29 is 14.6 Å². The molecule has 0 unspecified atom stereocenters. The van der Waals surface area contributed by atoms with Gasteiger partial charge in [0.15, 0.2) is 0 Å². The Labute approximate surface area is 87.7 Å². The zero-order valence-corrected chi connectivity index (χ0v) is 8.57. The van der Waals surface area contributed by atoms with Crippen molar-refractivity contribution in [3.63, 3.8) is 0 Å². The minimum absolute atomic E-state index is 0.000372. The summed E-state index contributed by atoms with van der Waals surface area (Å²) in [7, 11) is 0. The van der Waals surface area contributed by atoms with E-state index in [-0.39, 0.29) is 23.5 Å². The second-order valence-electron chi connectivity index (χ2n) is 2.96. The third kappa shape index (κ3) is 2.08. The molecule has 0 aliphatic heterocycles. The highest BCUT2D eigenvalue weighted by Gasteiger charge is 2.16. The van der Waals surface area contributed by atoms with Crippen LogP contribution in [0.25, 0.3) is 0 Å². The zero-order valence-electron chi connectivity index (χ0n) is 8.57. The molecule has 4 heteroatoms. The predicted octanol–water partition coefficient (Wildman–Crippen LogP) is 1.75. The summed E-state index contributed by atoms with van der Waals surface area (Å²) in [6.07, 6.45) is 0. The van der Waals surface area contributed by atoms with Crippen molar-refractivity contribution in [2.75, 3.05) is 6.61 Å². The van der Waals surface area contributed by atoms with E-state index in [9.17, 15) is 9.90 Å². The van der Waals surface area contributed by atoms with E-state index < -0.39 is 5.97 Å². The van der Waals surface area contributed by atoms with Crippen molar-refractivity contribution >= 4 is 5.97 Å². The molecular weight excluding hydrogens is 194 g/mol. The molecule has 1 N–H and O–H groups in total. The van der Waals surface area contributed by atoms with E-state index >= 15 is 0 Å². The second-order valence-corrected chi connectivity index (χ2v) is 2.96. The molecule has 1 aromatic carbocycles. The monoisotopic (exact) mass is 205 g/mol. The first-order chi connectivity index (χ1) is 7.11. The van der Waals surface area contributed by atoms with Gasteiger partial charge in [-0.2, -0.15) is 5.26 Å². The molecule has 1 aromatic rings. The van der Waals surface area contributed by atoms with Crippen LogP contribution in [0.3, 0.4) is 0 Å². The van der Waals surface area contributed by atoms with E-state index in [1.165, 1.54) is 12.1 Å². The van der Waals surface area contributed by atoms with Gasteiger partial charge < -0.3 is 9.84 Å². The molecule has 1 rings (SSSR count). The fourth-order valence-electron chi connectivity index (χ4n) is 1.22. The molecular formula is C11H11NO3. The molecule has 0 radical (unpaired) electrons. The highest BCUT2D eigenvalue weighted by atomic mass is 16.5. The first-order valence-electron chi connectivity index (χ1n) is 4.51. The van der Waals surface area contributed by atoms with Crippen molar-refractivity contribution in [1.82, 2.24) is 0 Å². The number of hydrogen-bond acceptors (Lipinski definition) is 4. The van der Waals surface area contributed by atoms with Gasteiger partial charge in [0, 0.05) is 5.56 Å². The third-order valence-corrected chi connectivity index (χ3v) is 2.04. The maximum absolute atomic E-state index is 11.4. The summed E-state index contributed by atoms with van der Waals surface area (Å²) in [5.74, 6) is -0.545. The van der Waals surface area contributed by atoms with Gasteiger partial charge in [-0.3, -0.25) is 0 Å². The fraction of sp³-hybridized carbons (Fsp3) is 0.273. The summed E-state index contributed by atoms with van der Waals surface area (Å²) < 4.78 is 4.79. The normalized spacial score (nSPS) is 9.40. The number of aromatic hydroxyl groups is 1. The van der Waals surface area contributed by atoms with Crippen molar-refractivity contribution in [1.29, 1.82) is 5.26 Å². The lowest BCUT2D eigenvalue weighted by molar-refractivity contribution is 0.0526. The van der Waals surface area contributed by atoms with Gasteiger partial charge in [-0.05, 0) is 26.0 Å². The molecule has 0 aromatic heterocycles. The maximum atomic E-state index is 11.4. The average molecular weight is 205 g/mol. The highest BCUT2D eigenvalue weighted by Crippen LogP contribution is 2.23. The summed E-state index contributed by atoms with van der Waals surface area (Å²) in [6, 6.07) is 4.65. The van der Waals surface area contributed by atoms with Crippen molar-refractivity contribution in [3.8, 4) is 11.8 Å². The molecule has 0 aliphatic carbocycles. The Morgan fingerprint density at radius 2 is 2.27 bits per heavy atom. The smallest absolute Gasteiger partial charge is 0.339 e. The van der Waals surface area contributed by atoms with Crippen molar-refractivity contribution in [3.05, 3.63) is 28.8 Å². The molecule has 0 heterocycles. The van der Waals surface area contributed by atoms with E-state index in [4.69, 9.17) is 10.00 Å². The summed E-state index contributed by atoms with van der Waals surface area (Å²) in [6.45, 7) is 3.53. The van der Waals surface area contributed by atoms with Crippen molar-refractivity contribution in [2.24, 2.45) is 0 Å². The Bertz CT molecular complexity index is 432. The number of esters is 1. The number of phenolic OH excluding ortho intramolecular Hbond substituents is 1. The molecule has 0 fully saturated rings. The first-order valence-corrected chi connectivity index (χ1v) is 4.51. The Morgan fingerprint density at radius 1 is 1.60 bits per heavy atom. The molecule has 15 heavy (non-hydrogen) atoms. The lowest BCUT2D eigenvalue weighted by atomic mass is 10.0. The summed E-state index contributed by atoms with van der Waals surface area (Å²) in [5, 5.41) is 18.2. The molecule has 0 saturated heterocycles. The Morgan fingerprint density at radius 3 is 2.80 bits per heavy atom. The van der Waals surface area contributed by atoms with Crippen LogP contribution in [-0.4, -0.2) is 17.7 Å². The summed E-state index contributed by atoms with van der Waals surface area (Å²) >= 11 is 0.